The topological polar surface area (TPSA) is 83.3 Å². The van der Waals surface area contributed by atoms with Crippen LogP contribution in [0, 0.1) is 10.1 Å². The van der Waals surface area contributed by atoms with Gasteiger partial charge in [-0.2, -0.15) is 0 Å². The summed E-state index contributed by atoms with van der Waals surface area (Å²) in [6, 6.07) is 5.38. The predicted octanol–water partition coefficient (Wildman–Crippen LogP) is 0.448. The van der Waals surface area contributed by atoms with Gasteiger partial charge in [-0.15, -0.1) is 0 Å². The molecule has 0 amide bonds. The normalized spacial score (nSPS) is 12.1. The number of nitrogens with zero attached hydrogens (tertiary/aromatic N) is 1. The number of hydrogen-bond acceptors (Lipinski definition) is 4. The lowest BCUT2D eigenvalue weighted by Gasteiger charge is -2.11. The van der Waals surface area contributed by atoms with Crippen molar-refractivity contribution in [1.29, 1.82) is 0 Å². The molecular weight excluding hydrogens is 186 g/mol. The van der Waals surface area contributed by atoms with Crippen LogP contribution in [0.4, 0.5) is 5.69 Å². The molecule has 5 nitrogen and oxygen atoms in total. The summed E-state index contributed by atoms with van der Waals surface area (Å²) >= 11 is 0. The van der Waals surface area contributed by atoms with Crippen LogP contribution in [0.1, 0.15) is 18.4 Å². The van der Waals surface area contributed by atoms with Crippen LogP contribution in [-0.4, -0.2) is 10.9 Å². The third-order valence-electron chi connectivity index (χ3n) is 1.96. The van der Waals surface area contributed by atoms with Gasteiger partial charge < -0.3 is 9.90 Å². The number of hydrogen-bond donors (Lipinski definition) is 0. The van der Waals surface area contributed by atoms with Crippen molar-refractivity contribution in [2.45, 2.75) is 12.8 Å². The van der Waals surface area contributed by atoms with E-state index in [1.165, 1.54) is 31.2 Å². The Kier molecular flexibility index (Phi) is 2.81. The molecule has 0 bridgehead atoms. The van der Waals surface area contributed by atoms with Gasteiger partial charge in [-0.1, -0.05) is 19.1 Å². The minimum Gasteiger partial charge on any atom is -0.550 e. The number of nitro benzene ring substituents is 1. The fourth-order valence-corrected chi connectivity index (χ4v) is 1.02. The molecule has 0 radical (unpaired) electrons. The summed E-state index contributed by atoms with van der Waals surface area (Å²) < 4.78 is 0. The minimum absolute atomic E-state index is 0.0562. The molecule has 0 aliphatic carbocycles. The lowest BCUT2D eigenvalue weighted by molar-refractivity contribution is -0.384. The second kappa shape index (κ2) is 3.87. The number of carboxylic acids is 1. The van der Waals surface area contributed by atoms with Gasteiger partial charge in [0.05, 0.1) is 4.92 Å². The molecule has 1 atom stereocenters. The van der Waals surface area contributed by atoms with Crippen LogP contribution in [-0.2, 0) is 4.79 Å². The molecule has 0 spiro atoms. The van der Waals surface area contributed by atoms with E-state index >= 15 is 0 Å². The Hall–Kier alpha value is -1.91. The molecule has 1 aromatic carbocycles. The van der Waals surface area contributed by atoms with Gasteiger partial charge in [-0.3, -0.25) is 10.1 Å². The highest BCUT2D eigenvalue weighted by Crippen LogP contribution is 2.18. The molecular formula is C9H8NO4-. The monoisotopic (exact) mass is 194 g/mol. The molecule has 1 aromatic rings. The van der Waals surface area contributed by atoms with Gasteiger partial charge in [0.1, 0.15) is 0 Å². The van der Waals surface area contributed by atoms with Crippen molar-refractivity contribution in [1.82, 2.24) is 0 Å². The Morgan fingerprint density at radius 3 is 2.21 bits per heavy atom. The Labute approximate surface area is 80.1 Å². The molecule has 0 heterocycles. The van der Waals surface area contributed by atoms with Crippen LogP contribution in [0.5, 0.6) is 0 Å². The van der Waals surface area contributed by atoms with E-state index < -0.39 is 16.8 Å². The van der Waals surface area contributed by atoms with Gasteiger partial charge in [0.15, 0.2) is 0 Å². The minimum atomic E-state index is -1.20. The lowest BCUT2D eigenvalue weighted by atomic mass is 10.0. The van der Waals surface area contributed by atoms with E-state index in [1.807, 2.05) is 0 Å². The standard InChI is InChI=1S/C9H9NO4/c1-6(9(11)12)7-2-4-8(5-3-7)10(13)14/h2-6H,1H3,(H,11,12)/p-1. The lowest BCUT2D eigenvalue weighted by Crippen LogP contribution is -2.27. The van der Waals surface area contributed by atoms with Gasteiger partial charge in [-0.05, 0) is 5.56 Å². The Balaban J connectivity index is 2.94. The van der Waals surface area contributed by atoms with Gasteiger partial charge in [0.2, 0.25) is 0 Å². The zero-order valence-electron chi connectivity index (χ0n) is 7.47. The first-order valence-corrected chi connectivity index (χ1v) is 3.97. The van der Waals surface area contributed by atoms with Crippen LogP contribution < -0.4 is 5.11 Å². The third kappa shape index (κ3) is 2.07. The molecule has 0 aliphatic rings. The van der Waals surface area contributed by atoms with Crippen molar-refractivity contribution >= 4 is 11.7 Å². The highest BCUT2D eigenvalue weighted by Gasteiger charge is 2.09. The van der Waals surface area contributed by atoms with Crippen LogP contribution in [0.2, 0.25) is 0 Å². The smallest absolute Gasteiger partial charge is 0.269 e. The van der Waals surface area contributed by atoms with E-state index in [4.69, 9.17) is 0 Å². The molecule has 5 heteroatoms. The third-order valence-corrected chi connectivity index (χ3v) is 1.96. The SMILES string of the molecule is CC(C(=O)[O-])c1ccc([N+](=O)[O-])cc1. The predicted molar refractivity (Wildman–Crippen MR) is 46.5 cm³/mol. The van der Waals surface area contributed by atoms with Crippen molar-refractivity contribution in [3.63, 3.8) is 0 Å². The van der Waals surface area contributed by atoms with Crippen molar-refractivity contribution in [3.05, 3.63) is 39.9 Å². The van der Waals surface area contributed by atoms with E-state index in [2.05, 4.69) is 0 Å². The van der Waals surface area contributed by atoms with Crippen molar-refractivity contribution < 1.29 is 14.8 Å². The molecule has 1 unspecified atom stereocenters. The second-order valence-corrected chi connectivity index (χ2v) is 2.89. The average Bonchev–Trinajstić information content (AvgIpc) is 2.16. The summed E-state index contributed by atoms with van der Waals surface area (Å²) in [4.78, 5) is 20.2. The number of non-ortho nitro benzene ring substituents is 1. The van der Waals surface area contributed by atoms with Crippen LogP contribution in [0.25, 0.3) is 0 Å². The van der Waals surface area contributed by atoms with Crippen LogP contribution in [0.3, 0.4) is 0 Å². The largest absolute Gasteiger partial charge is 0.550 e. The van der Waals surface area contributed by atoms with Crippen LogP contribution in [0.15, 0.2) is 24.3 Å². The summed E-state index contributed by atoms with van der Waals surface area (Å²) in [5.41, 5.74) is 0.440. The molecule has 0 saturated carbocycles. The maximum Gasteiger partial charge on any atom is 0.269 e. The number of carboxylic acid groups (broad SMARTS) is 1. The number of nitro groups is 1. The fourth-order valence-electron chi connectivity index (χ4n) is 1.02. The highest BCUT2D eigenvalue weighted by atomic mass is 16.6. The van der Waals surface area contributed by atoms with E-state index in [-0.39, 0.29) is 5.69 Å². The summed E-state index contributed by atoms with van der Waals surface area (Å²) in [5.74, 6) is -1.95. The van der Waals surface area contributed by atoms with Crippen LogP contribution >= 0.6 is 0 Å². The first kappa shape index (κ1) is 10.2. The maximum atomic E-state index is 10.5. The Bertz CT molecular complexity index is 358. The fraction of sp³-hybridized carbons (Fsp3) is 0.222. The summed E-state index contributed by atoms with van der Waals surface area (Å²) in [5, 5.41) is 20.8. The molecule has 0 fully saturated rings. The number of carbonyl (C=O) groups excluding carboxylic acids is 1. The molecule has 0 aromatic heterocycles. The summed E-state index contributed by atoms with van der Waals surface area (Å²) in [6.07, 6.45) is 0. The second-order valence-electron chi connectivity index (χ2n) is 2.89. The molecule has 14 heavy (non-hydrogen) atoms. The summed E-state index contributed by atoms with van der Waals surface area (Å²) in [7, 11) is 0. The molecule has 0 N–H and O–H groups in total. The van der Waals surface area contributed by atoms with E-state index in [9.17, 15) is 20.0 Å². The van der Waals surface area contributed by atoms with E-state index in [1.54, 1.807) is 0 Å². The van der Waals surface area contributed by atoms with Crippen molar-refractivity contribution in [2.75, 3.05) is 0 Å². The average molecular weight is 194 g/mol. The van der Waals surface area contributed by atoms with Crippen molar-refractivity contribution in [3.8, 4) is 0 Å². The van der Waals surface area contributed by atoms with Crippen molar-refractivity contribution in [2.24, 2.45) is 0 Å². The van der Waals surface area contributed by atoms with Gasteiger partial charge in [0, 0.05) is 24.0 Å². The van der Waals surface area contributed by atoms with E-state index in [0.29, 0.717) is 5.56 Å². The zero-order valence-corrected chi connectivity index (χ0v) is 7.47. The van der Waals surface area contributed by atoms with E-state index in [0.717, 1.165) is 0 Å². The summed E-state index contributed by atoms with van der Waals surface area (Å²) in [6.45, 7) is 1.47. The first-order chi connectivity index (χ1) is 6.52. The number of rotatable bonds is 3. The number of carbonyl (C=O) groups is 1. The zero-order chi connectivity index (χ0) is 10.7. The molecule has 0 saturated heterocycles. The Morgan fingerprint density at radius 1 is 1.36 bits per heavy atom. The Morgan fingerprint density at radius 2 is 1.86 bits per heavy atom. The van der Waals surface area contributed by atoms with Gasteiger partial charge in [-0.25, -0.2) is 0 Å². The number of aliphatic carboxylic acids is 1. The highest BCUT2D eigenvalue weighted by molar-refractivity contribution is 5.73. The van der Waals surface area contributed by atoms with Gasteiger partial charge >= 0.3 is 0 Å². The molecule has 1 rings (SSSR count). The number of benzene rings is 1. The molecule has 74 valence electrons. The quantitative estimate of drug-likeness (QED) is 0.516. The maximum absolute atomic E-state index is 10.5. The van der Waals surface area contributed by atoms with Gasteiger partial charge in [0.25, 0.3) is 5.69 Å². The molecule has 0 aliphatic heterocycles. The first-order valence-electron chi connectivity index (χ1n) is 3.97.